The maximum Gasteiger partial charge on any atom is 2.00 e. The van der Waals surface area contributed by atoms with Crippen molar-refractivity contribution >= 4 is 17.9 Å². The van der Waals surface area contributed by atoms with E-state index in [9.17, 15) is 0 Å². The zero-order valence-corrected chi connectivity index (χ0v) is 8.32. The molecule has 2 atom stereocenters. The van der Waals surface area contributed by atoms with Crippen LogP contribution in [0, 0.1) is 0 Å². The summed E-state index contributed by atoms with van der Waals surface area (Å²) >= 11 is 0. The molecule has 5 heteroatoms. The maximum absolute atomic E-state index is 2.33. The number of rotatable bonds is 0. The Labute approximate surface area is 63.6 Å². The molecule has 0 bridgehead atoms. The van der Waals surface area contributed by atoms with Gasteiger partial charge < -0.3 is 24.8 Å². The molecule has 0 radical (unpaired) electrons. The quantitative estimate of drug-likeness (QED) is 0.389. The van der Waals surface area contributed by atoms with E-state index in [0.717, 1.165) is 0 Å². The Bertz CT molecular complexity index is 7.61. The summed E-state index contributed by atoms with van der Waals surface area (Å²) in [6.45, 7) is 0. The van der Waals surface area contributed by atoms with E-state index < -0.39 is 0 Å². The van der Waals surface area contributed by atoms with Crippen molar-refractivity contribution in [3.05, 3.63) is 0 Å². The first-order chi connectivity index (χ1) is 1.00. The zero-order valence-electron chi connectivity index (χ0n) is 2.23. The van der Waals surface area contributed by atoms with Crippen molar-refractivity contribution < 1.29 is 45.9 Å². The van der Waals surface area contributed by atoms with Crippen LogP contribution in [0.1, 0.15) is 0 Å². The normalized spacial score (nSPS) is 1.20. The molecule has 0 heterocycles. The smallest absolute Gasteiger partial charge is 1.00 e. The van der Waals surface area contributed by atoms with Crippen molar-refractivity contribution in [2.45, 2.75) is 0 Å². The SMILES string of the molecule is PP.[Cl-].[Cl-].[Pt+2]. The molecule has 0 spiro atoms. The summed E-state index contributed by atoms with van der Waals surface area (Å²) in [6.07, 6.45) is 0. The van der Waals surface area contributed by atoms with Crippen LogP contribution in [0.15, 0.2) is 0 Å². The largest absolute Gasteiger partial charge is 2.00 e. The predicted octanol–water partition coefficient (Wildman–Crippen LogP) is -5.34. The van der Waals surface area contributed by atoms with Crippen molar-refractivity contribution in [3.63, 3.8) is 0 Å². The number of hydrogen-bond acceptors (Lipinski definition) is 0. The minimum absolute atomic E-state index is 0. The zero-order chi connectivity index (χ0) is 2.00. The Morgan fingerprint density at radius 2 is 0.800 bits per heavy atom. The molecule has 0 aromatic carbocycles. The number of halogens is 2. The summed E-state index contributed by atoms with van der Waals surface area (Å²) in [7, 11) is 4.67. The van der Waals surface area contributed by atoms with Crippen LogP contribution in [-0.2, 0) is 21.1 Å². The van der Waals surface area contributed by atoms with Gasteiger partial charge in [0.2, 0.25) is 0 Å². The minimum Gasteiger partial charge on any atom is -1.00 e. The third-order valence-electron chi connectivity index (χ3n) is 0. The Morgan fingerprint density at radius 3 is 0.800 bits per heavy atom. The van der Waals surface area contributed by atoms with Gasteiger partial charge in [0.05, 0.1) is 0 Å². The van der Waals surface area contributed by atoms with E-state index in [1.165, 1.54) is 0 Å². The third kappa shape index (κ3) is 23.1. The molecule has 0 aromatic heterocycles. The summed E-state index contributed by atoms with van der Waals surface area (Å²) in [5.41, 5.74) is 0. The van der Waals surface area contributed by atoms with E-state index in [-0.39, 0.29) is 45.9 Å². The molecule has 0 aliphatic carbocycles. The molecule has 0 aromatic rings. The Kier molecular flexibility index (Phi) is 195. The maximum atomic E-state index is 2.33. The van der Waals surface area contributed by atoms with Gasteiger partial charge >= 0.3 is 21.1 Å². The van der Waals surface area contributed by atoms with Crippen molar-refractivity contribution in [1.29, 1.82) is 0 Å². The predicted molar refractivity (Wildman–Crippen MR) is 19.4 cm³/mol. The standard InChI is InChI=1S/2ClH.H4P2.Pt/c;;1-2;/h2*1H;1-2H2;/q;;;+2/p-2. The molecule has 2 unspecified atom stereocenters. The monoisotopic (exact) mass is 331 g/mol. The molecule has 0 aliphatic rings. The molecule has 0 fully saturated rings. The van der Waals surface area contributed by atoms with Gasteiger partial charge in [-0.05, 0) is 0 Å². The van der Waals surface area contributed by atoms with Crippen LogP contribution in [0.25, 0.3) is 0 Å². The average molecular weight is 332 g/mol. The molecule has 0 rings (SSSR count). The molecule has 38 valence electrons. The summed E-state index contributed by atoms with van der Waals surface area (Å²) in [4.78, 5) is 0. The Hall–Kier alpha value is 2.13. The molecular weight excluding hydrogens is 328 g/mol. The molecule has 0 saturated carbocycles. The van der Waals surface area contributed by atoms with Gasteiger partial charge in [-0.25, -0.2) is 0 Å². The van der Waals surface area contributed by atoms with Crippen LogP contribution in [0.4, 0.5) is 0 Å². The van der Waals surface area contributed by atoms with Crippen LogP contribution < -0.4 is 24.8 Å². The van der Waals surface area contributed by atoms with Gasteiger partial charge in [-0.2, -0.15) is 0 Å². The van der Waals surface area contributed by atoms with Crippen molar-refractivity contribution in [2.75, 3.05) is 0 Å². The van der Waals surface area contributed by atoms with Crippen LogP contribution in [-0.4, -0.2) is 0 Å². The molecular formula is H4Cl2P2Pt. The van der Waals surface area contributed by atoms with Crippen molar-refractivity contribution in [1.82, 2.24) is 0 Å². The third-order valence-corrected chi connectivity index (χ3v) is 0. The second-order valence-electron chi connectivity index (χ2n) is 0. The van der Waals surface area contributed by atoms with Gasteiger partial charge in [0, 0.05) is 0 Å². The molecule has 0 nitrogen and oxygen atoms in total. The van der Waals surface area contributed by atoms with E-state index in [1.807, 2.05) is 0 Å². The van der Waals surface area contributed by atoms with E-state index in [2.05, 4.69) is 17.9 Å². The topological polar surface area (TPSA) is 0 Å². The fraction of sp³-hybridized carbons (Fsp3) is 0. The van der Waals surface area contributed by atoms with Gasteiger partial charge in [0.1, 0.15) is 0 Å². The fourth-order valence-electron chi connectivity index (χ4n) is 0. The summed E-state index contributed by atoms with van der Waals surface area (Å²) in [6, 6.07) is 0. The van der Waals surface area contributed by atoms with Gasteiger partial charge in [-0.3, -0.25) is 0 Å². The second kappa shape index (κ2) is 35.6. The van der Waals surface area contributed by atoms with Crippen LogP contribution in [0.3, 0.4) is 0 Å². The first kappa shape index (κ1) is 27.4. The van der Waals surface area contributed by atoms with Gasteiger partial charge in [0.15, 0.2) is 0 Å². The minimum atomic E-state index is 0. The Morgan fingerprint density at radius 1 is 0.800 bits per heavy atom. The van der Waals surface area contributed by atoms with Gasteiger partial charge in [-0.1, -0.05) is 0 Å². The van der Waals surface area contributed by atoms with Crippen LogP contribution >= 0.6 is 17.9 Å². The second-order valence-corrected chi connectivity index (χ2v) is 0. The molecule has 0 aliphatic heterocycles. The summed E-state index contributed by atoms with van der Waals surface area (Å²) in [5.74, 6) is 0. The first-order valence-electron chi connectivity index (χ1n) is 0.333. The molecule has 0 amide bonds. The van der Waals surface area contributed by atoms with E-state index in [4.69, 9.17) is 0 Å². The van der Waals surface area contributed by atoms with Crippen molar-refractivity contribution in [3.8, 4) is 0 Å². The fourth-order valence-corrected chi connectivity index (χ4v) is 0. The molecule has 0 saturated heterocycles. The van der Waals surface area contributed by atoms with Gasteiger partial charge in [0.25, 0.3) is 0 Å². The van der Waals surface area contributed by atoms with Crippen molar-refractivity contribution in [2.24, 2.45) is 0 Å². The van der Waals surface area contributed by atoms with Crippen LogP contribution in [0.2, 0.25) is 0 Å². The average Bonchev–Trinajstić information content (AvgIpc) is 1.00. The van der Waals surface area contributed by atoms with E-state index in [1.54, 1.807) is 0 Å². The van der Waals surface area contributed by atoms with Gasteiger partial charge in [-0.15, -0.1) is 17.9 Å². The van der Waals surface area contributed by atoms with E-state index in [0.29, 0.717) is 0 Å². The summed E-state index contributed by atoms with van der Waals surface area (Å²) < 4.78 is 0. The number of hydrogen-bond donors (Lipinski definition) is 0. The van der Waals surface area contributed by atoms with E-state index >= 15 is 0 Å². The molecule has 0 N–H and O–H groups in total. The first-order valence-corrected chi connectivity index (χ1v) is 3.00. The van der Waals surface area contributed by atoms with Crippen LogP contribution in [0.5, 0.6) is 0 Å². The molecule has 5 heavy (non-hydrogen) atoms. The summed E-state index contributed by atoms with van der Waals surface area (Å²) in [5, 5.41) is 0. The Balaban J connectivity index is -0.00000000167.